The van der Waals surface area contributed by atoms with Gasteiger partial charge in [-0.15, -0.1) is 11.3 Å². The van der Waals surface area contributed by atoms with Crippen molar-refractivity contribution >= 4 is 63.6 Å². The Bertz CT molecular complexity index is 1850. The molecular formula is C36H47ClN6O4S3. The summed E-state index contributed by atoms with van der Waals surface area (Å²) in [5.41, 5.74) is 2.17. The van der Waals surface area contributed by atoms with Gasteiger partial charge in [0, 0.05) is 73.2 Å². The van der Waals surface area contributed by atoms with Crippen LogP contribution >= 0.6 is 34.9 Å². The second kappa shape index (κ2) is 17.9. The lowest BCUT2D eigenvalue weighted by molar-refractivity contribution is -0.699. The number of halogens is 1. The Labute approximate surface area is 312 Å². The summed E-state index contributed by atoms with van der Waals surface area (Å²) < 4.78 is 11.3. The molecule has 3 N–H and O–H groups in total. The standard InChI is InChI=1S/C36H46N6O4S3.ClH/c1-4-42-31(49-33(34(42)44)35-40(2)27-22-25(46-3)16-17-28(27)48-35)21-24-13-9-12-20-41(24)19-11-6-5-10-18-37-30(43)15-8-7-14-29-32-26(23-47-29)38-36(45)39-32;/h9,12-13,16-17,20-22,26,29,32H,4-8,10-11,14-15,18-19,23H2,1-3H3,(H2-,37,38,39,43,45);1H/b35-33+;/t26-,29-,32-;/m0./s1. The number of thioether (sulfide) groups is 2. The van der Waals surface area contributed by atoms with Crippen LogP contribution in [-0.4, -0.2) is 60.3 Å². The largest absolute Gasteiger partial charge is 1.00 e. The SMILES string of the molecule is CCn1c(=O)/c(=C2\Sc3ccc(OC)cc3N2C)s/c1=C\c1cccc[n+]1CCCCCCNC(=O)CCCC[C@@H]1SC[C@@H]2NC(=O)N[C@@H]21.[Cl-]. The van der Waals surface area contributed by atoms with E-state index in [2.05, 4.69) is 55.9 Å². The van der Waals surface area contributed by atoms with Crippen LogP contribution in [0.25, 0.3) is 11.1 Å². The predicted octanol–water partition coefficient (Wildman–Crippen LogP) is 0.769. The maximum Gasteiger partial charge on any atom is 0.315 e. The van der Waals surface area contributed by atoms with Crippen LogP contribution < -0.4 is 57.3 Å². The molecule has 0 radical (unpaired) electrons. The van der Waals surface area contributed by atoms with Gasteiger partial charge in [0.05, 0.1) is 24.9 Å². The number of anilines is 1. The number of unbranched alkanes of at least 4 members (excludes halogenated alkanes) is 4. The van der Waals surface area contributed by atoms with Crippen LogP contribution in [0.3, 0.4) is 0 Å². The van der Waals surface area contributed by atoms with Gasteiger partial charge in [-0.1, -0.05) is 24.6 Å². The number of hydrogen-bond acceptors (Lipinski definition) is 8. The van der Waals surface area contributed by atoms with E-state index >= 15 is 0 Å². The van der Waals surface area contributed by atoms with Crippen molar-refractivity contribution in [1.82, 2.24) is 20.5 Å². The number of fused-ring (bicyclic) bond motifs is 2. The number of methoxy groups -OCH3 is 1. The minimum absolute atomic E-state index is 0. The van der Waals surface area contributed by atoms with Gasteiger partial charge in [-0.05, 0) is 50.8 Å². The van der Waals surface area contributed by atoms with E-state index in [1.807, 2.05) is 48.5 Å². The monoisotopic (exact) mass is 758 g/mol. The summed E-state index contributed by atoms with van der Waals surface area (Å²) in [7, 11) is 3.68. The molecule has 3 atom stereocenters. The zero-order valence-electron chi connectivity index (χ0n) is 28.9. The lowest BCUT2D eigenvalue weighted by atomic mass is 10.0. The Morgan fingerprint density at radius 2 is 1.94 bits per heavy atom. The van der Waals surface area contributed by atoms with E-state index in [1.165, 1.54) is 0 Å². The molecule has 50 heavy (non-hydrogen) atoms. The second-order valence-corrected chi connectivity index (χ2v) is 16.0. The van der Waals surface area contributed by atoms with Crippen LogP contribution in [0.5, 0.6) is 5.75 Å². The second-order valence-electron chi connectivity index (χ2n) is 12.7. The highest BCUT2D eigenvalue weighted by atomic mass is 35.5. The first-order valence-corrected chi connectivity index (χ1v) is 20.0. The third kappa shape index (κ3) is 8.83. The number of carbonyl (C=O) groups is 2. The van der Waals surface area contributed by atoms with Crippen LogP contribution in [0, 0.1) is 0 Å². The van der Waals surface area contributed by atoms with Gasteiger partial charge in [-0.25, -0.2) is 4.79 Å². The molecule has 6 rings (SSSR count). The first-order valence-electron chi connectivity index (χ1n) is 17.4. The van der Waals surface area contributed by atoms with Gasteiger partial charge in [0.15, 0.2) is 6.20 Å². The molecule has 0 unspecified atom stereocenters. The maximum absolute atomic E-state index is 13.6. The zero-order chi connectivity index (χ0) is 34.3. The Hall–Kier alpha value is -3.13. The molecule has 1 aromatic carbocycles. The number of aryl methyl sites for hydroxylation is 1. The number of aromatic nitrogens is 2. The fourth-order valence-electron chi connectivity index (χ4n) is 6.72. The molecule has 3 aliphatic heterocycles. The van der Waals surface area contributed by atoms with Crippen molar-refractivity contribution in [2.45, 2.75) is 93.6 Å². The van der Waals surface area contributed by atoms with Gasteiger partial charge < -0.3 is 38.0 Å². The molecule has 14 heteroatoms. The van der Waals surface area contributed by atoms with E-state index in [1.54, 1.807) is 30.2 Å². The van der Waals surface area contributed by atoms with Crippen LogP contribution in [0.1, 0.15) is 64.0 Å². The molecule has 3 aromatic rings. The van der Waals surface area contributed by atoms with Gasteiger partial charge in [0.25, 0.3) is 5.56 Å². The van der Waals surface area contributed by atoms with Crippen molar-refractivity contribution in [1.29, 1.82) is 0 Å². The highest BCUT2D eigenvalue weighted by Crippen LogP contribution is 2.46. The normalized spacial score (nSPS) is 20.6. The number of nitrogens with one attached hydrogen (secondary N) is 3. The van der Waals surface area contributed by atoms with E-state index < -0.39 is 0 Å². The quantitative estimate of drug-likeness (QED) is 0.120. The lowest BCUT2D eigenvalue weighted by Crippen LogP contribution is -3.00. The summed E-state index contributed by atoms with van der Waals surface area (Å²) >= 11 is 5.11. The molecule has 5 heterocycles. The Balaban J connectivity index is 0.00000486. The fourth-order valence-corrected chi connectivity index (χ4v) is 10.7. The van der Waals surface area contributed by atoms with E-state index in [9.17, 15) is 14.4 Å². The Morgan fingerprint density at radius 3 is 2.76 bits per heavy atom. The summed E-state index contributed by atoms with van der Waals surface area (Å²) in [6.45, 7) is 4.23. The molecule has 0 spiro atoms. The van der Waals surface area contributed by atoms with E-state index in [-0.39, 0.29) is 42.0 Å². The number of pyridine rings is 1. The summed E-state index contributed by atoms with van der Waals surface area (Å²) in [5.74, 6) is 1.91. The smallest absolute Gasteiger partial charge is 0.315 e. The van der Waals surface area contributed by atoms with E-state index in [0.29, 0.717) is 18.2 Å². The number of amides is 3. The predicted molar refractivity (Wildman–Crippen MR) is 200 cm³/mol. The van der Waals surface area contributed by atoms with Crippen molar-refractivity contribution in [2.75, 3.05) is 31.4 Å². The topological polar surface area (TPSA) is 109 Å². The summed E-state index contributed by atoms with van der Waals surface area (Å²) in [6.07, 6.45) is 11.9. The number of thiazole rings is 1. The molecule has 10 nitrogen and oxygen atoms in total. The minimum atomic E-state index is -0.0461. The highest BCUT2D eigenvalue weighted by molar-refractivity contribution is 8.08. The van der Waals surface area contributed by atoms with Gasteiger partial charge in [0.1, 0.15) is 26.5 Å². The highest BCUT2D eigenvalue weighted by Gasteiger charge is 2.42. The fraction of sp³-hybridized carbons (Fsp3) is 0.500. The molecule has 0 bridgehead atoms. The molecule has 3 amide bonds. The Kier molecular flexibility index (Phi) is 13.6. The molecule has 2 aromatic heterocycles. The van der Waals surface area contributed by atoms with Crippen molar-refractivity contribution < 1.29 is 31.3 Å². The molecular weight excluding hydrogens is 712 g/mol. The van der Waals surface area contributed by atoms with E-state index in [4.69, 9.17) is 4.74 Å². The number of carbonyl (C=O) groups excluding carboxylic acids is 2. The van der Waals surface area contributed by atoms with Gasteiger partial charge in [-0.2, -0.15) is 16.3 Å². The van der Waals surface area contributed by atoms with Crippen LogP contribution in [0.15, 0.2) is 52.3 Å². The first kappa shape index (κ1) is 38.1. The van der Waals surface area contributed by atoms with Crippen LogP contribution in [0.2, 0.25) is 0 Å². The van der Waals surface area contributed by atoms with Crippen molar-refractivity contribution in [3.05, 3.63) is 67.8 Å². The van der Waals surface area contributed by atoms with Crippen LogP contribution in [0.4, 0.5) is 10.5 Å². The summed E-state index contributed by atoms with van der Waals surface area (Å²) in [6, 6.07) is 12.7. The first-order chi connectivity index (χ1) is 23.9. The maximum atomic E-state index is 13.6. The molecule has 2 saturated heterocycles. The average Bonchev–Trinajstić information content (AvgIpc) is 3.84. The molecule has 0 saturated carbocycles. The van der Waals surface area contributed by atoms with Gasteiger partial charge >= 0.3 is 6.03 Å². The number of hydrogen-bond donors (Lipinski definition) is 3. The van der Waals surface area contributed by atoms with E-state index in [0.717, 1.165) is 100 Å². The number of rotatable bonds is 15. The Morgan fingerprint density at radius 1 is 1.10 bits per heavy atom. The summed E-state index contributed by atoms with van der Waals surface area (Å²) in [4.78, 5) is 40.7. The van der Waals surface area contributed by atoms with Crippen molar-refractivity contribution in [3.8, 4) is 5.75 Å². The zero-order valence-corrected chi connectivity index (χ0v) is 32.1. The molecule has 2 fully saturated rings. The number of ether oxygens (including phenoxy) is 1. The number of benzene rings is 1. The third-order valence-electron chi connectivity index (χ3n) is 9.44. The van der Waals surface area contributed by atoms with Gasteiger partial charge in [-0.3, -0.25) is 14.2 Å². The number of nitrogens with zero attached hydrogens (tertiary/aromatic N) is 3. The molecule has 270 valence electrons. The third-order valence-corrected chi connectivity index (χ3v) is 13.4. The van der Waals surface area contributed by atoms with Gasteiger partial charge in [0.2, 0.25) is 11.6 Å². The molecule has 0 aliphatic carbocycles. The minimum Gasteiger partial charge on any atom is -1.00 e. The average molecular weight is 759 g/mol. The van der Waals surface area contributed by atoms with Crippen LogP contribution in [-0.2, 0) is 17.9 Å². The molecule has 3 aliphatic rings. The lowest BCUT2D eigenvalue weighted by Gasteiger charge is -2.16. The van der Waals surface area contributed by atoms with Crippen molar-refractivity contribution in [3.63, 3.8) is 0 Å². The van der Waals surface area contributed by atoms with Crippen molar-refractivity contribution in [2.24, 2.45) is 0 Å². The summed E-state index contributed by atoms with van der Waals surface area (Å²) in [5, 5.41) is 10.5. The number of urea groups is 1.